The first-order valence-corrected chi connectivity index (χ1v) is 18.7. The van der Waals surface area contributed by atoms with Crippen LogP contribution in [-0.4, -0.2) is 25.5 Å². The fourth-order valence-corrected chi connectivity index (χ4v) is 14.6. The van der Waals surface area contributed by atoms with E-state index in [-0.39, 0.29) is 7.92 Å². The molecule has 0 saturated heterocycles. The molecule has 5 aromatic rings. The van der Waals surface area contributed by atoms with Crippen molar-refractivity contribution in [1.29, 1.82) is 0 Å². The molecule has 2 fully saturated rings. The van der Waals surface area contributed by atoms with Crippen molar-refractivity contribution < 1.29 is 9.47 Å². The van der Waals surface area contributed by atoms with Crippen molar-refractivity contribution in [2.24, 2.45) is 0 Å². The molecule has 0 aliphatic heterocycles. The second kappa shape index (κ2) is 12.4. The van der Waals surface area contributed by atoms with E-state index in [2.05, 4.69) is 84.9 Å². The summed E-state index contributed by atoms with van der Waals surface area (Å²) in [4.78, 5) is 0. The van der Waals surface area contributed by atoms with E-state index < -0.39 is 7.53 Å². The standard InChI is InChI=1S/C38H42O2P2/c1-39-31-21-13-25-35(41(27-15-5-3-6-16-27)28-17-7-4-8-18-28)37(31)38-32(40-2)22-14-26-36(38)42-33-23-11-9-19-29(33)30-20-10-12-24-34(30)42/h9-14,19-28H,3-8,15-18H2,1-2H3. The molecule has 42 heavy (non-hydrogen) atoms. The zero-order valence-corrected chi connectivity index (χ0v) is 26.8. The molecule has 4 heteroatoms. The van der Waals surface area contributed by atoms with E-state index in [1.165, 1.54) is 102 Å². The smallest absolute Gasteiger partial charge is 0.127 e. The minimum absolute atomic E-state index is 0.334. The fourth-order valence-electron chi connectivity index (χ4n) is 7.88. The van der Waals surface area contributed by atoms with Crippen molar-refractivity contribution in [3.63, 3.8) is 0 Å². The molecule has 0 N–H and O–H groups in total. The predicted molar refractivity (Wildman–Crippen MR) is 184 cm³/mol. The van der Waals surface area contributed by atoms with Crippen molar-refractivity contribution >= 4 is 41.8 Å². The summed E-state index contributed by atoms with van der Waals surface area (Å²) in [6.45, 7) is 0. The van der Waals surface area contributed by atoms with E-state index in [9.17, 15) is 0 Å². The van der Waals surface area contributed by atoms with Crippen LogP contribution in [0.4, 0.5) is 0 Å². The molecular weight excluding hydrogens is 550 g/mol. The highest BCUT2D eigenvalue weighted by Crippen LogP contribution is 2.62. The zero-order chi connectivity index (χ0) is 28.5. The Bertz CT molecular complexity index is 1620. The van der Waals surface area contributed by atoms with Crippen LogP contribution in [0.3, 0.4) is 0 Å². The molecule has 1 heterocycles. The van der Waals surface area contributed by atoms with Gasteiger partial charge in [-0.15, -0.1) is 0 Å². The molecular formula is C38H42O2P2. The van der Waals surface area contributed by atoms with Gasteiger partial charge in [-0.2, -0.15) is 0 Å². The Balaban J connectivity index is 1.53. The van der Waals surface area contributed by atoms with Crippen molar-refractivity contribution in [3.8, 4) is 27.9 Å². The van der Waals surface area contributed by atoms with Crippen LogP contribution < -0.4 is 14.8 Å². The summed E-state index contributed by atoms with van der Waals surface area (Å²) < 4.78 is 12.5. The Morgan fingerprint density at radius 3 is 1.60 bits per heavy atom. The van der Waals surface area contributed by atoms with Crippen LogP contribution in [0.1, 0.15) is 64.2 Å². The van der Waals surface area contributed by atoms with E-state index in [4.69, 9.17) is 9.47 Å². The van der Waals surface area contributed by atoms with Crippen LogP contribution in [0.5, 0.6) is 11.5 Å². The lowest BCUT2D eigenvalue weighted by atomic mass is 9.99. The first kappa shape index (κ1) is 28.0. The van der Waals surface area contributed by atoms with Crippen molar-refractivity contribution in [1.82, 2.24) is 0 Å². The van der Waals surface area contributed by atoms with Crippen LogP contribution in [0.25, 0.3) is 37.4 Å². The number of hydrogen-bond donors (Lipinski definition) is 0. The van der Waals surface area contributed by atoms with Crippen LogP contribution in [0, 0.1) is 0 Å². The lowest BCUT2D eigenvalue weighted by molar-refractivity contribution is 0.410. The van der Waals surface area contributed by atoms with Gasteiger partial charge in [-0.25, -0.2) is 0 Å². The van der Waals surface area contributed by atoms with Gasteiger partial charge in [0.05, 0.1) is 14.2 Å². The summed E-state index contributed by atoms with van der Waals surface area (Å²) in [5.41, 5.74) is 4.17. The summed E-state index contributed by atoms with van der Waals surface area (Å²) in [5, 5.41) is 8.59. The number of benzene rings is 4. The maximum absolute atomic E-state index is 6.28. The highest BCUT2D eigenvalue weighted by Gasteiger charge is 2.35. The summed E-state index contributed by atoms with van der Waals surface area (Å²) in [6.07, 6.45) is 13.8. The number of rotatable bonds is 7. The van der Waals surface area contributed by atoms with Gasteiger partial charge >= 0.3 is 0 Å². The fraction of sp³-hybridized carbons (Fsp3) is 0.368. The highest BCUT2D eigenvalue weighted by molar-refractivity contribution is 7.68. The molecule has 0 unspecified atom stereocenters. The summed E-state index contributed by atoms with van der Waals surface area (Å²) >= 11 is 0. The van der Waals surface area contributed by atoms with Crippen LogP contribution >= 0.6 is 15.5 Å². The highest BCUT2D eigenvalue weighted by atomic mass is 31.1. The maximum atomic E-state index is 6.28. The molecule has 2 aliphatic carbocycles. The quantitative estimate of drug-likeness (QED) is 0.175. The molecule has 1 aromatic heterocycles. The van der Waals surface area contributed by atoms with Gasteiger partial charge < -0.3 is 9.47 Å². The third-order valence-corrected chi connectivity index (χ3v) is 15.9. The Labute approximate surface area is 253 Å². The second-order valence-electron chi connectivity index (χ2n) is 12.1. The van der Waals surface area contributed by atoms with Crippen molar-refractivity contribution in [2.75, 3.05) is 14.2 Å². The van der Waals surface area contributed by atoms with E-state index in [1.54, 1.807) is 5.30 Å². The molecule has 0 spiro atoms. The minimum atomic E-state index is -0.745. The number of hydrogen-bond acceptors (Lipinski definition) is 2. The molecule has 2 aliphatic rings. The molecule has 2 nitrogen and oxygen atoms in total. The van der Waals surface area contributed by atoms with E-state index in [0.717, 1.165) is 22.8 Å². The van der Waals surface area contributed by atoms with Gasteiger partial charge in [-0.1, -0.05) is 121 Å². The lowest BCUT2D eigenvalue weighted by Crippen LogP contribution is -2.27. The largest absolute Gasteiger partial charge is 0.496 e. The maximum Gasteiger partial charge on any atom is 0.127 e. The average Bonchev–Trinajstić information content (AvgIpc) is 3.40. The zero-order valence-electron chi connectivity index (χ0n) is 25.0. The van der Waals surface area contributed by atoms with Gasteiger partial charge in [0.1, 0.15) is 11.5 Å². The third kappa shape index (κ3) is 4.96. The van der Waals surface area contributed by atoms with Crippen LogP contribution in [-0.2, 0) is 0 Å². The number of fused-ring (bicyclic) bond motifs is 3. The normalized spacial score (nSPS) is 16.8. The molecule has 0 radical (unpaired) electrons. The number of ether oxygens (including phenoxy) is 2. The first-order chi connectivity index (χ1) is 20.8. The molecule has 7 rings (SSSR count). The summed E-state index contributed by atoms with van der Waals surface area (Å²) in [5.74, 6) is 1.96. The summed E-state index contributed by atoms with van der Waals surface area (Å²) in [6, 6.07) is 31.8. The van der Waals surface area contributed by atoms with Gasteiger partial charge in [-0.3, -0.25) is 0 Å². The van der Waals surface area contributed by atoms with E-state index >= 15 is 0 Å². The van der Waals surface area contributed by atoms with Gasteiger partial charge in [-0.05, 0) is 71.3 Å². The molecule has 0 bridgehead atoms. The van der Waals surface area contributed by atoms with Crippen molar-refractivity contribution in [2.45, 2.75) is 75.5 Å². The minimum Gasteiger partial charge on any atom is -0.496 e. The van der Waals surface area contributed by atoms with Gasteiger partial charge in [0.15, 0.2) is 0 Å². The van der Waals surface area contributed by atoms with E-state index in [1.807, 2.05) is 14.2 Å². The van der Waals surface area contributed by atoms with E-state index in [0.29, 0.717) is 0 Å². The lowest BCUT2D eigenvalue weighted by Gasteiger charge is -2.40. The SMILES string of the molecule is COc1cccc(P(C2CCCCC2)C2CCCCC2)c1-c1c(OC)cccc1-p1c2ccccc2c2ccccc21. The summed E-state index contributed by atoms with van der Waals surface area (Å²) in [7, 11) is 2.62. The predicted octanol–water partition coefficient (Wildman–Crippen LogP) is 11.4. The van der Waals surface area contributed by atoms with Gasteiger partial charge in [0.25, 0.3) is 0 Å². The Hall–Kier alpha value is -2.79. The van der Waals surface area contributed by atoms with Gasteiger partial charge in [0.2, 0.25) is 0 Å². The second-order valence-corrected chi connectivity index (χ2v) is 16.9. The van der Waals surface area contributed by atoms with Crippen molar-refractivity contribution in [3.05, 3.63) is 84.9 Å². The monoisotopic (exact) mass is 592 g/mol. The van der Waals surface area contributed by atoms with Crippen LogP contribution in [0.2, 0.25) is 0 Å². The third-order valence-electron chi connectivity index (χ3n) is 9.73. The first-order valence-electron chi connectivity index (χ1n) is 15.9. The van der Waals surface area contributed by atoms with Gasteiger partial charge in [0, 0.05) is 26.7 Å². The average molecular weight is 593 g/mol. The topological polar surface area (TPSA) is 18.5 Å². The molecule has 2 saturated carbocycles. The molecule has 0 amide bonds. The Kier molecular flexibility index (Phi) is 8.30. The molecule has 4 aromatic carbocycles. The molecule has 0 atom stereocenters. The molecule has 216 valence electrons. The van der Waals surface area contributed by atoms with Crippen LogP contribution in [0.15, 0.2) is 84.9 Å². The number of methoxy groups -OCH3 is 2. The Morgan fingerprint density at radius 2 is 1.05 bits per heavy atom. The Morgan fingerprint density at radius 1 is 0.548 bits per heavy atom.